The van der Waals surface area contributed by atoms with Crippen LogP contribution < -0.4 is 17.0 Å². The van der Waals surface area contributed by atoms with E-state index in [-0.39, 0.29) is 34.3 Å². The summed E-state index contributed by atoms with van der Waals surface area (Å²) in [7, 11) is 0. The van der Waals surface area contributed by atoms with Crippen LogP contribution in [0, 0.1) is 10.1 Å². The molecule has 0 bridgehead atoms. The van der Waals surface area contributed by atoms with Gasteiger partial charge in [-0.25, -0.2) is 4.98 Å². The van der Waals surface area contributed by atoms with Crippen molar-refractivity contribution >= 4 is 28.5 Å². The van der Waals surface area contributed by atoms with Crippen LogP contribution in [-0.4, -0.2) is 24.9 Å². The Bertz CT molecular complexity index is 927. The van der Waals surface area contributed by atoms with E-state index in [0.717, 1.165) is 0 Å². The number of nitro benzene ring substituents is 1. The number of nitro groups is 1. The van der Waals surface area contributed by atoms with Crippen molar-refractivity contribution in [1.82, 2.24) is 19.9 Å². The van der Waals surface area contributed by atoms with E-state index in [1.807, 2.05) is 0 Å². The van der Waals surface area contributed by atoms with Gasteiger partial charge in [-0.15, -0.1) is 0 Å². The van der Waals surface area contributed by atoms with Crippen molar-refractivity contribution in [2.24, 2.45) is 0 Å². The Morgan fingerprint density at radius 3 is 2.67 bits per heavy atom. The van der Waals surface area contributed by atoms with Crippen molar-refractivity contribution in [3.05, 3.63) is 38.7 Å². The molecule has 106 valence electrons. The van der Waals surface area contributed by atoms with Crippen LogP contribution in [0.25, 0.3) is 22.6 Å². The maximum atomic E-state index is 11.7. The maximum absolute atomic E-state index is 11.7. The van der Waals surface area contributed by atoms with Crippen molar-refractivity contribution in [3.8, 4) is 11.4 Å². The average Bonchev–Trinajstić information content (AvgIpc) is 2.83. The molecule has 0 aliphatic rings. The van der Waals surface area contributed by atoms with Crippen LogP contribution in [0.4, 0.5) is 17.3 Å². The number of nitrogens with two attached hydrogens (primary N) is 2. The number of benzene rings is 1. The first kappa shape index (κ1) is 12.6. The zero-order valence-corrected chi connectivity index (χ0v) is 10.5. The molecule has 3 rings (SSSR count). The predicted molar refractivity (Wildman–Crippen MR) is 75.4 cm³/mol. The molecule has 10 nitrogen and oxygen atoms in total. The lowest BCUT2D eigenvalue weighted by atomic mass is 10.1. The van der Waals surface area contributed by atoms with E-state index < -0.39 is 10.5 Å². The molecule has 0 amide bonds. The third-order valence-electron chi connectivity index (χ3n) is 2.88. The molecule has 0 atom stereocenters. The highest BCUT2D eigenvalue weighted by molar-refractivity contribution is 5.77. The third-order valence-corrected chi connectivity index (χ3v) is 2.88. The molecular formula is C11H9N7O3. The van der Waals surface area contributed by atoms with E-state index in [0.29, 0.717) is 5.56 Å². The summed E-state index contributed by atoms with van der Waals surface area (Å²) in [6, 6.07) is 4.22. The number of aromatic amines is 2. The molecule has 6 N–H and O–H groups in total. The number of nitrogens with zero attached hydrogens (tertiary/aromatic N) is 3. The number of fused-ring (bicyclic) bond motifs is 1. The van der Waals surface area contributed by atoms with E-state index in [1.54, 1.807) is 6.07 Å². The summed E-state index contributed by atoms with van der Waals surface area (Å²) in [5.74, 6) is 0.200. The van der Waals surface area contributed by atoms with E-state index in [1.165, 1.54) is 12.1 Å². The number of anilines is 2. The van der Waals surface area contributed by atoms with Gasteiger partial charge in [0.2, 0.25) is 5.95 Å². The first-order chi connectivity index (χ1) is 9.95. The molecule has 1 aromatic carbocycles. The number of H-pyrrole nitrogens is 2. The highest BCUT2D eigenvalue weighted by atomic mass is 16.6. The molecule has 0 radical (unpaired) electrons. The number of rotatable bonds is 2. The summed E-state index contributed by atoms with van der Waals surface area (Å²) in [6.07, 6.45) is 0. The minimum absolute atomic E-state index is 0.0417. The van der Waals surface area contributed by atoms with E-state index >= 15 is 0 Å². The van der Waals surface area contributed by atoms with Crippen LogP contribution in [0.5, 0.6) is 0 Å². The second-order valence-electron chi connectivity index (χ2n) is 4.27. The van der Waals surface area contributed by atoms with Gasteiger partial charge in [0.25, 0.3) is 11.2 Å². The maximum Gasteiger partial charge on any atom is 0.292 e. The van der Waals surface area contributed by atoms with Crippen molar-refractivity contribution in [3.63, 3.8) is 0 Å². The SMILES string of the molecule is Nc1nc2nc(-c3ccc(N)c([N+](=O)[O-])c3)[nH]c2c(=O)[nH]1. The summed E-state index contributed by atoms with van der Waals surface area (Å²) >= 11 is 0. The molecule has 2 heterocycles. The van der Waals surface area contributed by atoms with Gasteiger partial charge in [0.05, 0.1) is 4.92 Å². The molecule has 0 aliphatic carbocycles. The highest BCUT2D eigenvalue weighted by Gasteiger charge is 2.16. The number of nitrogens with one attached hydrogen (secondary N) is 2. The van der Waals surface area contributed by atoms with Gasteiger partial charge in [-0.3, -0.25) is 19.9 Å². The second kappa shape index (κ2) is 4.30. The van der Waals surface area contributed by atoms with Gasteiger partial charge in [0.15, 0.2) is 11.2 Å². The van der Waals surface area contributed by atoms with Crippen molar-refractivity contribution in [1.29, 1.82) is 0 Å². The molecule has 2 aromatic heterocycles. The minimum atomic E-state index is -0.593. The summed E-state index contributed by atoms with van der Waals surface area (Å²) in [6.45, 7) is 0. The first-order valence-electron chi connectivity index (χ1n) is 5.75. The normalized spacial score (nSPS) is 10.9. The van der Waals surface area contributed by atoms with Gasteiger partial charge in [-0.1, -0.05) is 0 Å². The molecule has 0 fully saturated rings. The predicted octanol–water partition coefficient (Wildman–Crippen LogP) is 0.386. The third kappa shape index (κ3) is 2.04. The van der Waals surface area contributed by atoms with Crippen LogP contribution in [0.3, 0.4) is 0 Å². The summed E-state index contributed by atoms with van der Waals surface area (Å²) in [4.78, 5) is 35.1. The average molecular weight is 287 g/mol. The molecule has 0 saturated heterocycles. The van der Waals surface area contributed by atoms with Gasteiger partial charge in [-0.2, -0.15) is 4.98 Å². The monoisotopic (exact) mass is 287 g/mol. The quantitative estimate of drug-likeness (QED) is 0.300. The van der Waals surface area contributed by atoms with Gasteiger partial charge >= 0.3 is 0 Å². The van der Waals surface area contributed by atoms with Crippen molar-refractivity contribution in [2.45, 2.75) is 0 Å². The number of aromatic nitrogens is 4. The Balaban J connectivity index is 2.21. The van der Waals surface area contributed by atoms with E-state index in [9.17, 15) is 14.9 Å². The lowest BCUT2D eigenvalue weighted by molar-refractivity contribution is -0.383. The largest absolute Gasteiger partial charge is 0.393 e. The summed E-state index contributed by atoms with van der Waals surface area (Å²) in [5.41, 5.74) is 11.0. The number of imidazole rings is 1. The standard InChI is InChI=1S/C11H9N7O3/c12-5-2-1-4(3-6(5)18(20)21)8-14-7-9(15-8)16-11(13)17-10(7)19/h1-3H,12H2,(H4,13,14,15,16,17,19). The molecule has 21 heavy (non-hydrogen) atoms. The Kier molecular flexibility index (Phi) is 2.58. The fourth-order valence-corrected chi connectivity index (χ4v) is 1.91. The summed E-state index contributed by atoms with van der Waals surface area (Å²) in [5, 5.41) is 10.9. The van der Waals surface area contributed by atoms with Crippen LogP contribution in [0.1, 0.15) is 0 Å². The number of hydrogen-bond acceptors (Lipinski definition) is 7. The van der Waals surface area contributed by atoms with E-state index in [4.69, 9.17) is 11.5 Å². The van der Waals surface area contributed by atoms with Crippen LogP contribution in [0.2, 0.25) is 0 Å². The molecule has 0 aliphatic heterocycles. The highest BCUT2D eigenvalue weighted by Crippen LogP contribution is 2.27. The number of hydrogen-bond donors (Lipinski definition) is 4. The number of nitrogen functional groups attached to an aromatic ring is 2. The Morgan fingerprint density at radius 2 is 1.95 bits per heavy atom. The minimum Gasteiger partial charge on any atom is -0.393 e. The zero-order valence-electron chi connectivity index (χ0n) is 10.5. The smallest absolute Gasteiger partial charge is 0.292 e. The molecule has 0 spiro atoms. The molecular weight excluding hydrogens is 278 g/mol. The zero-order chi connectivity index (χ0) is 15.1. The van der Waals surface area contributed by atoms with Gasteiger partial charge in [0.1, 0.15) is 11.5 Å². The Labute approximate surface area is 116 Å². The summed E-state index contributed by atoms with van der Waals surface area (Å²) < 4.78 is 0. The lowest BCUT2D eigenvalue weighted by Crippen LogP contribution is -2.10. The Morgan fingerprint density at radius 1 is 1.19 bits per heavy atom. The molecule has 10 heteroatoms. The van der Waals surface area contributed by atoms with E-state index in [2.05, 4.69) is 19.9 Å². The molecule has 0 unspecified atom stereocenters. The second-order valence-corrected chi connectivity index (χ2v) is 4.27. The lowest BCUT2D eigenvalue weighted by Gasteiger charge is -1.99. The van der Waals surface area contributed by atoms with Crippen LogP contribution in [-0.2, 0) is 0 Å². The van der Waals surface area contributed by atoms with Crippen molar-refractivity contribution < 1.29 is 4.92 Å². The topological polar surface area (TPSA) is 170 Å². The first-order valence-corrected chi connectivity index (χ1v) is 5.75. The molecule has 0 saturated carbocycles. The fraction of sp³-hybridized carbons (Fsp3) is 0. The molecule has 3 aromatic rings. The van der Waals surface area contributed by atoms with Gasteiger partial charge in [-0.05, 0) is 12.1 Å². The fourth-order valence-electron chi connectivity index (χ4n) is 1.91. The van der Waals surface area contributed by atoms with Crippen LogP contribution in [0.15, 0.2) is 23.0 Å². The van der Waals surface area contributed by atoms with Crippen molar-refractivity contribution in [2.75, 3.05) is 11.5 Å². The Hall–Kier alpha value is -3.43. The van der Waals surface area contributed by atoms with Crippen LogP contribution >= 0.6 is 0 Å². The van der Waals surface area contributed by atoms with Gasteiger partial charge in [0, 0.05) is 11.6 Å². The van der Waals surface area contributed by atoms with Gasteiger partial charge < -0.3 is 16.5 Å².